The zero-order chi connectivity index (χ0) is 15.0. The topological polar surface area (TPSA) is 45.7 Å². The van der Waals surface area contributed by atoms with E-state index < -0.39 is 0 Å². The van der Waals surface area contributed by atoms with Crippen molar-refractivity contribution in [2.45, 2.75) is 40.2 Å². The van der Waals surface area contributed by atoms with E-state index in [0.717, 1.165) is 18.3 Å². The van der Waals surface area contributed by atoms with Crippen LogP contribution in [0.3, 0.4) is 0 Å². The van der Waals surface area contributed by atoms with Crippen LogP contribution in [-0.4, -0.2) is 31.2 Å². The van der Waals surface area contributed by atoms with E-state index in [9.17, 15) is 0 Å². The molecule has 4 nitrogen and oxygen atoms in total. The van der Waals surface area contributed by atoms with Crippen molar-refractivity contribution in [1.82, 2.24) is 10.6 Å². The quantitative estimate of drug-likeness (QED) is 0.494. The number of aliphatic imine (C=N–C) groups is 1. The summed E-state index contributed by atoms with van der Waals surface area (Å²) < 4.78 is 5.68. The summed E-state index contributed by atoms with van der Waals surface area (Å²) in [7, 11) is 0. The first-order valence-electron chi connectivity index (χ1n) is 7.16. The Morgan fingerprint density at radius 2 is 2.05 bits per heavy atom. The smallest absolute Gasteiger partial charge is 0.191 e. The first-order chi connectivity index (χ1) is 9.40. The Morgan fingerprint density at radius 3 is 2.65 bits per heavy atom. The molecule has 0 radical (unpaired) electrons. The van der Waals surface area contributed by atoms with Gasteiger partial charge < -0.3 is 15.4 Å². The molecule has 2 N–H and O–H groups in total. The van der Waals surface area contributed by atoms with E-state index >= 15 is 0 Å². The van der Waals surface area contributed by atoms with E-state index in [4.69, 9.17) is 4.74 Å². The normalized spacial score (nSPS) is 12.2. The van der Waals surface area contributed by atoms with Crippen LogP contribution in [0.25, 0.3) is 0 Å². The van der Waals surface area contributed by atoms with Gasteiger partial charge in [0.1, 0.15) is 12.4 Å². The van der Waals surface area contributed by atoms with Crippen LogP contribution in [0.15, 0.2) is 29.3 Å². The number of hydrogen-bond acceptors (Lipinski definition) is 2. The van der Waals surface area contributed by atoms with Crippen LogP contribution < -0.4 is 15.4 Å². The average Bonchev–Trinajstić information content (AvgIpc) is 2.33. The maximum Gasteiger partial charge on any atom is 0.191 e. The molecule has 0 amide bonds. The third-order valence-electron chi connectivity index (χ3n) is 2.46. The van der Waals surface area contributed by atoms with Crippen LogP contribution in [0.4, 0.5) is 0 Å². The van der Waals surface area contributed by atoms with Crippen molar-refractivity contribution in [2.24, 2.45) is 4.99 Å². The summed E-state index contributed by atoms with van der Waals surface area (Å²) in [6.45, 7) is 12.5. The van der Waals surface area contributed by atoms with Gasteiger partial charge in [-0.05, 0) is 52.3 Å². The fourth-order valence-corrected chi connectivity index (χ4v) is 1.69. The van der Waals surface area contributed by atoms with Gasteiger partial charge in [-0.25, -0.2) is 4.99 Å². The van der Waals surface area contributed by atoms with Gasteiger partial charge in [-0.1, -0.05) is 12.1 Å². The molecule has 0 aliphatic rings. The molecule has 0 bridgehead atoms. The third kappa shape index (κ3) is 7.02. The van der Waals surface area contributed by atoms with Gasteiger partial charge in [0, 0.05) is 12.1 Å². The molecule has 1 aromatic carbocycles. The molecule has 0 heterocycles. The van der Waals surface area contributed by atoms with Gasteiger partial charge in [0.15, 0.2) is 5.96 Å². The highest BCUT2D eigenvalue weighted by Gasteiger charge is 2.11. The van der Waals surface area contributed by atoms with Crippen molar-refractivity contribution < 1.29 is 4.74 Å². The minimum atomic E-state index is -0.00158. The molecule has 20 heavy (non-hydrogen) atoms. The molecule has 4 heteroatoms. The Kier molecular flexibility index (Phi) is 6.36. The molecule has 0 saturated heterocycles. The van der Waals surface area contributed by atoms with Gasteiger partial charge in [-0.3, -0.25) is 0 Å². The molecule has 0 aromatic heterocycles. The second-order valence-corrected chi connectivity index (χ2v) is 5.80. The number of ether oxygens (including phenoxy) is 1. The molecule has 0 spiro atoms. The number of benzene rings is 1. The molecular weight excluding hydrogens is 250 g/mol. The van der Waals surface area contributed by atoms with Crippen molar-refractivity contribution in [3.05, 3.63) is 29.8 Å². The molecule has 0 atom stereocenters. The average molecular weight is 277 g/mol. The lowest BCUT2D eigenvalue weighted by atomic mass is 10.1. The predicted octanol–water partition coefficient (Wildman–Crippen LogP) is 2.73. The maximum absolute atomic E-state index is 5.68. The Bertz CT molecular complexity index is 436. The van der Waals surface area contributed by atoms with Crippen LogP contribution >= 0.6 is 0 Å². The van der Waals surface area contributed by atoms with Crippen LogP contribution in [0, 0.1) is 6.92 Å². The minimum absolute atomic E-state index is 0.00158. The van der Waals surface area contributed by atoms with E-state index in [0.29, 0.717) is 13.2 Å². The van der Waals surface area contributed by atoms with Crippen LogP contribution in [0.5, 0.6) is 5.75 Å². The molecule has 112 valence electrons. The number of guanidine groups is 1. The molecule has 1 rings (SSSR count). The fraction of sp³-hybridized carbons (Fsp3) is 0.562. The number of nitrogens with one attached hydrogen (secondary N) is 2. The van der Waals surface area contributed by atoms with Crippen molar-refractivity contribution in [1.29, 1.82) is 0 Å². The van der Waals surface area contributed by atoms with E-state index in [1.165, 1.54) is 5.56 Å². The summed E-state index contributed by atoms with van der Waals surface area (Å²) in [5.74, 6) is 1.72. The summed E-state index contributed by atoms with van der Waals surface area (Å²) in [5.41, 5.74) is 1.20. The van der Waals surface area contributed by atoms with Crippen LogP contribution in [0.2, 0.25) is 0 Å². The van der Waals surface area contributed by atoms with Gasteiger partial charge in [0.05, 0.1) is 6.54 Å². The number of hydrogen-bond donors (Lipinski definition) is 2. The third-order valence-corrected chi connectivity index (χ3v) is 2.46. The van der Waals surface area contributed by atoms with Gasteiger partial charge in [-0.2, -0.15) is 0 Å². The molecule has 0 fully saturated rings. The maximum atomic E-state index is 5.68. The van der Waals surface area contributed by atoms with Crippen LogP contribution in [-0.2, 0) is 0 Å². The van der Waals surface area contributed by atoms with Gasteiger partial charge >= 0.3 is 0 Å². The lowest BCUT2D eigenvalue weighted by Crippen LogP contribution is -2.47. The van der Waals surface area contributed by atoms with E-state index in [1.54, 1.807) is 0 Å². The summed E-state index contributed by atoms with van der Waals surface area (Å²) >= 11 is 0. The second-order valence-electron chi connectivity index (χ2n) is 5.80. The summed E-state index contributed by atoms with van der Waals surface area (Å²) in [5, 5.41) is 6.58. The highest BCUT2D eigenvalue weighted by Crippen LogP contribution is 2.11. The summed E-state index contributed by atoms with van der Waals surface area (Å²) in [6, 6.07) is 8.05. The lowest BCUT2D eigenvalue weighted by molar-refractivity contribution is 0.328. The van der Waals surface area contributed by atoms with E-state index in [1.807, 2.05) is 18.2 Å². The highest BCUT2D eigenvalue weighted by molar-refractivity contribution is 5.80. The van der Waals surface area contributed by atoms with Crippen molar-refractivity contribution in [2.75, 3.05) is 19.7 Å². The second kappa shape index (κ2) is 7.78. The molecule has 1 aromatic rings. The first-order valence-corrected chi connectivity index (χ1v) is 7.16. The van der Waals surface area contributed by atoms with Gasteiger partial charge in [-0.15, -0.1) is 0 Å². The van der Waals surface area contributed by atoms with Crippen LogP contribution in [0.1, 0.15) is 33.3 Å². The Morgan fingerprint density at radius 1 is 1.30 bits per heavy atom. The number of aryl methyl sites for hydroxylation is 1. The van der Waals surface area contributed by atoms with Gasteiger partial charge in [0.25, 0.3) is 0 Å². The zero-order valence-corrected chi connectivity index (χ0v) is 13.3. The largest absolute Gasteiger partial charge is 0.492 e. The summed E-state index contributed by atoms with van der Waals surface area (Å²) in [6.07, 6.45) is 0. The van der Waals surface area contributed by atoms with E-state index in [2.05, 4.69) is 56.3 Å². The number of nitrogens with zero attached hydrogens (tertiary/aromatic N) is 1. The number of rotatable bonds is 5. The predicted molar refractivity (Wildman–Crippen MR) is 85.5 cm³/mol. The Hall–Kier alpha value is -1.71. The first kappa shape index (κ1) is 16.3. The Labute approximate surface area is 122 Å². The molecule has 0 saturated carbocycles. The zero-order valence-electron chi connectivity index (χ0n) is 13.3. The summed E-state index contributed by atoms with van der Waals surface area (Å²) in [4.78, 5) is 4.51. The van der Waals surface area contributed by atoms with E-state index in [-0.39, 0.29) is 5.54 Å². The fourth-order valence-electron chi connectivity index (χ4n) is 1.69. The minimum Gasteiger partial charge on any atom is -0.492 e. The van der Waals surface area contributed by atoms with Crippen molar-refractivity contribution in [3.8, 4) is 5.75 Å². The van der Waals surface area contributed by atoms with Gasteiger partial charge in [0.2, 0.25) is 0 Å². The molecule has 0 aliphatic heterocycles. The SMILES string of the molecule is CCNC(=NCCOc1cccc(C)c1)NC(C)(C)C. The molecule has 0 unspecified atom stereocenters. The Balaban J connectivity index is 2.44. The molecule has 0 aliphatic carbocycles. The van der Waals surface area contributed by atoms with Crippen molar-refractivity contribution >= 4 is 5.96 Å². The monoisotopic (exact) mass is 277 g/mol. The standard InChI is InChI=1S/C16H27N3O/c1-6-17-15(19-16(3,4)5)18-10-11-20-14-9-7-8-13(2)12-14/h7-9,12H,6,10-11H2,1-5H3,(H2,17,18,19). The van der Waals surface area contributed by atoms with Crippen molar-refractivity contribution in [3.63, 3.8) is 0 Å². The lowest BCUT2D eigenvalue weighted by Gasteiger charge is -2.23. The molecular formula is C16H27N3O. The highest BCUT2D eigenvalue weighted by atomic mass is 16.5.